The van der Waals surface area contributed by atoms with E-state index in [-0.39, 0.29) is 12.5 Å². The number of hydrogen-bond acceptors (Lipinski definition) is 5. The van der Waals surface area contributed by atoms with Crippen molar-refractivity contribution >= 4 is 12.0 Å². The Kier molecular flexibility index (Phi) is 8.40. The van der Waals surface area contributed by atoms with Crippen LogP contribution >= 0.6 is 0 Å². The second-order valence-electron chi connectivity index (χ2n) is 6.45. The molecule has 0 atom stereocenters. The van der Waals surface area contributed by atoms with Crippen molar-refractivity contribution in [3.05, 3.63) is 53.6 Å². The third-order valence-corrected chi connectivity index (χ3v) is 4.51. The van der Waals surface area contributed by atoms with Crippen LogP contribution in [0.1, 0.15) is 18.1 Å². The summed E-state index contributed by atoms with van der Waals surface area (Å²) in [7, 11) is 6.55. The van der Waals surface area contributed by atoms with Gasteiger partial charge >= 0.3 is 0 Å². The van der Waals surface area contributed by atoms with Gasteiger partial charge in [-0.05, 0) is 48.7 Å². The number of nitrogens with zero attached hydrogens (tertiary/aromatic N) is 1. The van der Waals surface area contributed by atoms with Crippen LogP contribution in [0.2, 0.25) is 0 Å². The van der Waals surface area contributed by atoms with E-state index in [4.69, 9.17) is 18.9 Å². The van der Waals surface area contributed by atoms with Gasteiger partial charge in [-0.3, -0.25) is 4.79 Å². The van der Waals surface area contributed by atoms with Gasteiger partial charge in [-0.1, -0.05) is 24.3 Å². The Hall–Kier alpha value is -3.15. The molecule has 6 heteroatoms. The Morgan fingerprint density at radius 3 is 2.24 bits per heavy atom. The van der Waals surface area contributed by atoms with Crippen molar-refractivity contribution in [3.63, 3.8) is 0 Å². The minimum absolute atomic E-state index is 0.0538. The molecule has 156 valence electrons. The highest BCUT2D eigenvalue weighted by molar-refractivity contribution is 5.77. The standard InChI is InChI=1S/C23H29NO5/c1-6-7-17-9-11-20(22(14-17)28-5)29-16-23(25)24(2)13-12-18-8-10-19(26-3)21(15-18)27-4/h6-11,14-15H,12-13,16H2,1-5H3/b7-6+. The number of allylic oxidation sites excluding steroid dienone is 1. The Labute approximate surface area is 172 Å². The summed E-state index contributed by atoms with van der Waals surface area (Å²) in [6.07, 6.45) is 4.62. The number of carbonyl (C=O) groups excluding carboxylic acids is 1. The summed E-state index contributed by atoms with van der Waals surface area (Å²) in [5, 5.41) is 0. The topological polar surface area (TPSA) is 57.2 Å². The first-order chi connectivity index (χ1) is 14.0. The van der Waals surface area contributed by atoms with Crippen LogP contribution in [0.4, 0.5) is 0 Å². The monoisotopic (exact) mass is 399 g/mol. The molecule has 0 fully saturated rings. The van der Waals surface area contributed by atoms with Crippen LogP contribution in [0.5, 0.6) is 23.0 Å². The zero-order chi connectivity index (χ0) is 21.2. The summed E-state index contributed by atoms with van der Waals surface area (Å²) in [6.45, 7) is 2.46. The summed E-state index contributed by atoms with van der Waals surface area (Å²) < 4.78 is 21.6. The van der Waals surface area contributed by atoms with Crippen LogP contribution in [0, 0.1) is 0 Å². The first-order valence-electron chi connectivity index (χ1n) is 9.40. The van der Waals surface area contributed by atoms with E-state index in [0.717, 1.165) is 11.1 Å². The van der Waals surface area contributed by atoms with E-state index in [1.54, 1.807) is 33.3 Å². The van der Waals surface area contributed by atoms with Crippen LogP contribution in [-0.4, -0.2) is 52.3 Å². The lowest BCUT2D eigenvalue weighted by Gasteiger charge is -2.18. The predicted octanol–water partition coefficient (Wildman–Crippen LogP) is 3.83. The van der Waals surface area contributed by atoms with Crippen molar-refractivity contribution in [2.24, 2.45) is 0 Å². The van der Waals surface area contributed by atoms with E-state index in [0.29, 0.717) is 36.0 Å². The lowest BCUT2D eigenvalue weighted by atomic mass is 10.1. The predicted molar refractivity (Wildman–Crippen MR) is 114 cm³/mol. The molecule has 0 aliphatic carbocycles. The number of hydrogen-bond donors (Lipinski definition) is 0. The zero-order valence-electron chi connectivity index (χ0n) is 17.7. The van der Waals surface area contributed by atoms with Gasteiger partial charge in [-0.2, -0.15) is 0 Å². The van der Waals surface area contributed by atoms with Gasteiger partial charge in [0.15, 0.2) is 29.6 Å². The highest BCUT2D eigenvalue weighted by Gasteiger charge is 2.13. The van der Waals surface area contributed by atoms with Crippen molar-refractivity contribution < 1.29 is 23.7 Å². The molecule has 1 amide bonds. The van der Waals surface area contributed by atoms with Crippen LogP contribution in [0.3, 0.4) is 0 Å². The Morgan fingerprint density at radius 1 is 0.931 bits per heavy atom. The van der Waals surface area contributed by atoms with Gasteiger partial charge in [0, 0.05) is 13.6 Å². The van der Waals surface area contributed by atoms with E-state index in [2.05, 4.69) is 0 Å². The molecule has 0 N–H and O–H groups in total. The van der Waals surface area contributed by atoms with Crippen molar-refractivity contribution in [3.8, 4) is 23.0 Å². The van der Waals surface area contributed by atoms with Crippen LogP contribution in [0.15, 0.2) is 42.5 Å². The van der Waals surface area contributed by atoms with Crippen molar-refractivity contribution in [1.29, 1.82) is 0 Å². The SMILES string of the molecule is C/C=C/c1ccc(OCC(=O)N(C)CCc2ccc(OC)c(OC)c2)c(OC)c1. The number of likely N-dealkylation sites (N-methyl/N-ethyl adjacent to an activating group) is 1. The minimum Gasteiger partial charge on any atom is -0.493 e. The molecule has 6 nitrogen and oxygen atoms in total. The number of carbonyl (C=O) groups is 1. The lowest BCUT2D eigenvalue weighted by Crippen LogP contribution is -2.33. The third-order valence-electron chi connectivity index (χ3n) is 4.51. The van der Waals surface area contributed by atoms with Gasteiger partial charge in [0.2, 0.25) is 0 Å². The average molecular weight is 399 g/mol. The number of methoxy groups -OCH3 is 3. The zero-order valence-corrected chi connectivity index (χ0v) is 17.7. The fourth-order valence-electron chi connectivity index (χ4n) is 2.81. The van der Waals surface area contributed by atoms with Gasteiger partial charge < -0.3 is 23.8 Å². The number of amides is 1. The summed E-state index contributed by atoms with van der Waals surface area (Å²) in [6, 6.07) is 11.4. The molecule has 0 aliphatic heterocycles. The molecule has 2 rings (SSSR count). The second-order valence-corrected chi connectivity index (χ2v) is 6.45. The maximum absolute atomic E-state index is 12.4. The molecule has 0 aromatic heterocycles. The highest BCUT2D eigenvalue weighted by atomic mass is 16.5. The first-order valence-corrected chi connectivity index (χ1v) is 9.40. The molecule has 29 heavy (non-hydrogen) atoms. The lowest BCUT2D eigenvalue weighted by molar-refractivity contribution is -0.132. The first kappa shape index (κ1) is 22.1. The molecule has 0 radical (unpaired) electrons. The van der Waals surface area contributed by atoms with E-state index >= 15 is 0 Å². The normalized spacial score (nSPS) is 10.7. The van der Waals surface area contributed by atoms with E-state index < -0.39 is 0 Å². The third kappa shape index (κ3) is 6.17. The molecular formula is C23H29NO5. The smallest absolute Gasteiger partial charge is 0.260 e. The molecule has 0 saturated heterocycles. The van der Waals surface area contributed by atoms with Crippen molar-refractivity contribution in [2.45, 2.75) is 13.3 Å². The molecule has 0 unspecified atom stereocenters. The summed E-state index contributed by atoms with van der Waals surface area (Å²) in [4.78, 5) is 14.1. The van der Waals surface area contributed by atoms with E-state index in [9.17, 15) is 4.79 Å². The van der Waals surface area contributed by atoms with Gasteiger partial charge in [0.05, 0.1) is 21.3 Å². The molecular weight excluding hydrogens is 370 g/mol. The summed E-state index contributed by atoms with van der Waals surface area (Å²) in [5.74, 6) is 2.40. The second kappa shape index (κ2) is 11.0. The van der Waals surface area contributed by atoms with Gasteiger partial charge in [0.1, 0.15) is 0 Å². The molecule has 2 aromatic rings. The maximum Gasteiger partial charge on any atom is 0.260 e. The summed E-state index contributed by atoms with van der Waals surface area (Å²) in [5.41, 5.74) is 2.07. The quantitative estimate of drug-likeness (QED) is 0.608. The van der Waals surface area contributed by atoms with Gasteiger partial charge in [-0.15, -0.1) is 0 Å². The maximum atomic E-state index is 12.4. The summed E-state index contributed by atoms with van der Waals surface area (Å²) >= 11 is 0. The van der Waals surface area contributed by atoms with E-state index in [1.807, 2.05) is 55.5 Å². The van der Waals surface area contributed by atoms with Crippen molar-refractivity contribution in [2.75, 3.05) is 41.5 Å². The van der Waals surface area contributed by atoms with Crippen LogP contribution in [0.25, 0.3) is 6.08 Å². The molecule has 0 saturated carbocycles. The van der Waals surface area contributed by atoms with Gasteiger partial charge in [0.25, 0.3) is 5.91 Å². The highest BCUT2D eigenvalue weighted by Crippen LogP contribution is 2.29. The molecule has 0 bridgehead atoms. The molecule has 2 aromatic carbocycles. The molecule has 0 heterocycles. The van der Waals surface area contributed by atoms with Crippen LogP contribution in [-0.2, 0) is 11.2 Å². The number of rotatable bonds is 10. The van der Waals surface area contributed by atoms with E-state index in [1.165, 1.54) is 0 Å². The molecule has 0 aliphatic rings. The van der Waals surface area contributed by atoms with Crippen LogP contribution < -0.4 is 18.9 Å². The number of benzene rings is 2. The minimum atomic E-state index is -0.106. The Bertz CT molecular complexity index is 847. The average Bonchev–Trinajstić information content (AvgIpc) is 2.75. The fraction of sp³-hybridized carbons (Fsp3) is 0.348. The van der Waals surface area contributed by atoms with Gasteiger partial charge in [-0.25, -0.2) is 0 Å². The van der Waals surface area contributed by atoms with Crippen molar-refractivity contribution in [1.82, 2.24) is 4.90 Å². The largest absolute Gasteiger partial charge is 0.493 e. The Balaban J connectivity index is 1.91. The number of ether oxygens (including phenoxy) is 4. The Morgan fingerprint density at radius 2 is 1.59 bits per heavy atom. The fourth-order valence-corrected chi connectivity index (χ4v) is 2.81. The molecule has 0 spiro atoms.